The summed E-state index contributed by atoms with van der Waals surface area (Å²) in [6.07, 6.45) is 0.519. The number of nitrogens with zero attached hydrogens (tertiary/aromatic N) is 1. The van der Waals surface area contributed by atoms with Crippen LogP contribution in [0.25, 0.3) is 0 Å². The number of aromatic hydroxyl groups is 1. The summed E-state index contributed by atoms with van der Waals surface area (Å²) in [4.78, 5) is 13.9. The van der Waals surface area contributed by atoms with Gasteiger partial charge < -0.3 is 25.4 Å². The summed E-state index contributed by atoms with van der Waals surface area (Å²) in [5, 5.41) is 15.5. The van der Waals surface area contributed by atoms with Gasteiger partial charge in [-0.05, 0) is 17.7 Å². The van der Waals surface area contributed by atoms with Crippen molar-refractivity contribution in [1.29, 1.82) is 0 Å². The third-order valence-electron chi connectivity index (χ3n) is 4.19. The van der Waals surface area contributed by atoms with E-state index >= 15 is 0 Å². The Morgan fingerprint density at radius 1 is 1.24 bits per heavy atom. The van der Waals surface area contributed by atoms with Crippen LogP contribution in [0.1, 0.15) is 12.0 Å². The van der Waals surface area contributed by atoms with Gasteiger partial charge in [-0.15, -0.1) is 0 Å². The van der Waals surface area contributed by atoms with Crippen molar-refractivity contribution in [3.63, 3.8) is 0 Å². The van der Waals surface area contributed by atoms with E-state index in [1.54, 1.807) is 12.1 Å². The lowest BCUT2D eigenvalue weighted by Gasteiger charge is -2.20. The fourth-order valence-corrected chi connectivity index (χ4v) is 2.84. The van der Waals surface area contributed by atoms with Crippen LogP contribution in [0.5, 0.6) is 11.5 Å². The summed E-state index contributed by atoms with van der Waals surface area (Å²) in [6.45, 7) is 1.48. The van der Waals surface area contributed by atoms with E-state index in [-0.39, 0.29) is 24.4 Å². The maximum Gasteiger partial charge on any atom is 0.233 e. The number of hydrogen-bond donors (Lipinski definition) is 3. The standard InChI is InChI=1S/C19H23N3O3/c1-22-16-8-7-15(23)11-17(16)25-19(22)9-10-21-18(24)13-20-12-14-5-3-2-4-6-14/h2-8,11,19-20,23H,9-10,12-13H2,1H3,(H,21,24). The first-order chi connectivity index (χ1) is 12.1. The molecule has 1 heterocycles. The smallest absolute Gasteiger partial charge is 0.233 e. The van der Waals surface area contributed by atoms with Gasteiger partial charge in [0.2, 0.25) is 5.91 Å². The molecule has 1 aliphatic heterocycles. The van der Waals surface area contributed by atoms with Crippen LogP contribution in [0, 0.1) is 0 Å². The average Bonchev–Trinajstić information content (AvgIpc) is 2.91. The van der Waals surface area contributed by atoms with Gasteiger partial charge in [0, 0.05) is 32.6 Å². The zero-order chi connectivity index (χ0) is 17.6. The molecule has 0 saturated carbocycles. The van der Waals surface area contributed by atoms with Crippen LogP contribution < -0.4 is 20.3 Å². The molecule has 1 amide bonds. The Hall–Kier alpha value is -2.73. The first-order valence-corrected chi connectivity index (χ1v) is 8.37. The Morgan fingerprint density at radius 3 is 2.84 bits per heavy atom. The number of nitrogens with one attached hydrogen (secondary N) is 2. The fraction of sp³-hybridized carbons (Fsp3) is 0.316. The number of rotatable bonds is 7. The van der Waals surface area contributed by atoms with Crippen molar-refractivity contribution in [2.45, 2.75) is 19.2 Å². The first-order valence-electron chi connectivity index (χ1n) is 8.37. The van der Waals surface area contributed by atoms with Gasteiger partial charge in [0.15, 0.2) is 6.23 Å². The number of phenolic OH excluding ortho intramolecular Hbond substituents is 1. The fourth-order valence-electron chi connectivity index (χ4n) is 2.84. The van der Waals surface area contributed by atoms with Crippen molar-refractivity contribution in [2.24, 2.45) is 0 Å². The molecule has 1 unspecified atom stereocenters. The lowest BCUT2D eigenvalue weighted by atomic mass is 10.2. The zero-order valence-electron chi connectivity index (χ0n) is 14.2. The summed E-state index contributed by atoms with van der Waals surface area (Å²) < 4.78 is 5.82. The molecule has 0 saturated heterocycles. The SMILES string of the molecule is CN1c2ccc(O)cc2OC1CCNC(=O)CNCc1ccccc1. The monoisotopic (exact) mass is 341 g/mol. The number of anilines is 1. The Kier molecular flexibility index (Phi) is 5.40. The van der Waals surface area contributed by atoms with Crippen molar-refractivity contribution >= 4 is 11.6 Å². The molecule has 0 aliphatic carbocycles. The molecule has 1 atom stereocenters. The van der Waals surface area contributed by atoms with Gasteiger partial charge in [-0.2, -0.15) is 0 Å². The van der Waals surface area contributed by atoms with Gasteiger partial charge in [0.25, 0.3) is 0 Å². The normalized spacial score (nSPS) is 15.6. The molecule has 25 heavy (non-hydrogen) atoms. The molecule has 0 radical (unpaired) electrons. The van der Waals surface area contributed by atoms with Gasteiger partial charge in [-0.3, -0.25) is 4.79 Å². The third kappa shape index (κ3) is 4.42. The quantitative estimate of drug-likeness (QED) is 0.717. The van der Waals surface area contributed by atoms with E-state index < -0.39 is 0 Å². The Balaban J connectivity index is 1.36. The van der Waals surface area contributed by atoms with Crippen molar-refractivity contribution in [1.82, 2.24) is 10.6 Å². The predicted octanol–water partition coefficient (Wildman–Crippen LogP) is 1.84. The van der Waals surface area contributed by atoms with Crippen molar-refractivity contribution in [3.8, 4) is 11.5 Å². The van der Waals surface area contributed by atoms with Crippen LogP contribution in [0.15, 0.2) is 48.5 Å². The Bertz CT molecular complexity index is 721. The number of fused-ring (bicyclic) bond motifs is 1. The first kappa shape index (κ1) is 17.1. The van der Waals surface area contributed by atoms with Gasteiger partial charge >= 0.3 is 0 Å². The number of benzene rings is 2. The van der Waals surface area contributed by atoms with Gasteiger partial charge in [-0.25, -0.2) is 0 Å². The van der Waals surface area contributed by atoms with E-state index in [4.69, 9.17) is 4.74 Å². The minimum absolute atomic E-state index is 0.0354. The maximum absolute atomic E-state index is 11.9. The summed E-state index contributed by atoms with van der Waals surface area (Å²) in [5.74, 6) is 0.820. The van der Waals surface area contributed by atoms with Crippen LogP contribution in [0.2, 0.25) is 0 Å². The van der Waals surface area contributed by atoms with Crippen LogP contribution in [-0.4, -0.2) is 37.4 Å². The van der Waals surface area contributed by atoms with E-state index in [0.717, 1.165) is 11.3 Å². The Labute approximate surface area is 147 Å². The van der Waals surface area contributed by atoms with Crippen molar-refractivity contribution in [3.05, 3.63) is 54.1 Å². The Morgan fingerprint density at radius 2 is 2.04 bits per heavy atom. The van der Waals surface area contributed by atoms with Gasteiger partial charge in [-0.1, -0.05) is 30.3 Å². The molecule has 0 aromatic heterocycles. The molecule has 2 aromatic carbocycles. The zero-order valence-corrected chi connectivity index (χ0v) is 14.2. The molecule has 0 fully saturated rings. The largest absolute Gasteiger partial charge is 0.508 e. The maximum atomic E-state index is 11.9. The van der Waals surface area contributed by atoms with E-state index in [0.29, 0.717) is 25.3 Å². The lowest BCUT2D eigenvalue weighted by Crippen LogP contribution is -2.38. The molecule has 0 spiro atoms. The molecule has 132 valence electrons. The molecule has 3 rings (SSSR count). The van der Waals surface area contributed by atoms with E-state index in [2.05, 4.69) is 10.6 Å². The third-order valence-corrected chi connectivity index (χ3v) is 4.19. The van der Waals surface area contributed by atoms with Crippen molar-refractivity contribution in [2.75, 3.05) is 25.0 Å². The molecule has 6 heteroatoms. The van der Waals surface area contributed by atoms with E-state index in [9.17, 15) is 9.90 Å². The topological polar surface area (TPSA) is 73.8 Å². The molecule has 2 aromatic rings. The second-order valence-electron chi connectivity index (χ2n) is 6.06. The van der Waals surface area contributed by atoms with Crippen LogP contribution >= 0.6 is 0 Å². The molecular weight excluding hydrogens is 318 g/mol. The van der Waals surface area contributed by atoms with E-state index in [1.165, 1.54) is 0 Å². The van der Waals surface area contributed by atoms with Crippen LogP contribution in [0.3, 0.4) is 0 Å². The molecular formula is C19H23N3O3. The molecule has 6 nitrogen and oxygen atoms in total. The summed E-state index contributed by atoms with van der Waals surface area (Å²) >= 11 is 0. The number of amides is 1. The van der Waals surface area contributed by atoms with Crippen LogP contribution in [0.4, 0.5) is 5.69 Å². The molecule has 1 aliphatic rings. The second-order valence-corrected chi connectivity index (χ2v) is 6.06. The van der Waals surface area contributed by atoms with E-state index in [1.807, 2.05) is 48.3 Å². The second kappa shape index (κ2) is 7.90. The summed E-state index contributed by atoms with van der Waals surface area (Å²) in [5.41, 5.74) is 2.09. The number of ether oxygens (including phenoxy) is 1. The predicted molar refractivity (Wildman–Crippen MR) is 96.7 cm³/mol. The summed E-state index contributed by atoms with van der Waals surface area (Å²) in [6, 6.07) is 15.1. The highest BCUT2D eigenvalue weighted by atomic mass is 16.5. The number of carbonyl (C=O) groups is 1. The van der Waals surface area contributed by atoms with Crippen LogP contribution in [-0.2, 0) is 11.3 Å². The minimum Gasteiger partial charge on any atom is -0.508 e. The number of phenols is 1. The lowest BCUT2D eigenvalue weighted by molar-refractivity contribution is -0.120. The highest BCUT2D eigenvalue weighted by Crippen LogP contribution is 2.38. The number of hydrogen-bond acceptors (Lipinski definition) is 5. The van der Waals surface area contributed by atoms with Crippen molar-refractivity contribution < 1.29 is 14.6 Å². The number of carbonyl (C=O) groups excluding carboxylic acids is 1. The van der Waals surface area contributed by atoms with Gasteiger partial charge in [0.05, 0.1) is 12.2 Å². The molecule has 3 N–H and O–H groups in total. The average molecular weight is 341 g/mol. The summed E-state index contributed by atoms with van der Waals surface area (Å²) in [7, 11) is 1.94. The minimum atomic E-state index is -0.144. The highest BCUT2D eigenvalue weighted by Gasteiger charge is 2.27. The highest BCUT2D eigenvalue weighted by molar-refractivity contribution is 5.77. The molecule has 0 bridgehead atoms. The van der Waals surface area contributed by atoms with Gasteiger partial charge in [0.1, 0.15) is 11.5 Å².